The fourth-order valence-electron chi connectivity index (χ4n) is 3.67. The number of aromatic amines is 1. The SMILES string of the molecule is NC(=O)c1cccc(CNC(=O)c2ccc3[nH]c4c(c3c2)CCCC4)c1. The van der Waals surface area contributed by atoms with Gasteiger partial charge in [-0.05, 0) is 67.1 Å². The van der Waals surface area contributed by atoms with Gasteiger partial charge in [-0.15, -0.1) is 0 Å². The van der Waals surface area contributed by atoms with Gasteiger partial charge in [0.05, 0.1) is 0 Å². The van der Waals surface area contributed by atoms with E-state index in [0.29, 0.717) is 17.7 Å². The predicted molar refractivity (Wildman–Crippen MR) is 101 cm³/mol. The third kappa shape index (κ3) is 3.08. The Kier molecular flexibility index (Phi) is 4.21. The molecule has 0 saturated heterocycles. The maximum Gasteiger partial charge on any atom is 0.251 e. The molecule has 3 aromatic rings. The second kappa shape index (κ2) is 6.67. The molecule has 2 amide bonds. The average Bonchev–Trinajstić information content (AvgIpc) is 3.04. The zero-order valence-corrected chi connectivity index (χ0v) is 14.5. The van der Waals surface area contributed by atoms with E-state index in [9.17, 15) is 9.59 Å². The lowest BCUT2D eigenvalue weighted by atomic mass is 9.95. The maximum atomic E-state index is 12.6. The summed E-state index contributed by atoms with van der Waals surface area (Å²) in [6.45, 7) is 0.350. The molecule has 0 radical (unpaired) electrons. The standard InChI is InChI=1S/C21H21N3O2/c22-20(25)14-5-3-4-13(10-14)12-23-21(26)15-8-9-19-17(11-15)16-6-1-2-7-18(16)24-19/h3-5,8-11,24H,1-2,6-7,12H2,(H2,22,25)(H,23,26). The van der Waals surface area contributed by atoms with Gasteiger partial charge in [-0.3, -0.25) is 9.59 Å². The van der Waals surface area contributed by atoms with Crippen LogP contribution in [0.5, 0.6) is 0 Å². The minimum Gasteiger partial charge on any atom is -0.366 e. The van der Waals surface area contributed by atoms with Crippen molar-refractivity contribution in [3.63, 3.8) is 0 Å². The number of amides is 2. The van der Waals surface area contributed by atoms with Crippen LogP contribution in [0.25, 0.3) is 10.9 Å². The van der Waals surface area contributed by atoms with Gasteiger partial charge in [0, 0.05) is 34.3 Å². The fourth-order valence-corrected chi connectivity index (χ4v) is 3.67. The Balaban J connectivity index is 1.53. The lowest BCUT2D eigenvalue weighted by Gasteiger charge is -2.10. The molecule has 2 aromatic carbocycles. The summed E-state index contributed by atoms with van der Waals surface area (Å²) in [5.74, 6) is -0.594. The van der Waals surface area contributed by atoms with Crippen LogP contribution < -0.4 is 11.1 Å². The van der Waals surface area contributed by atoms with Gasteiger partial charge in [-0.2, -0.15) is 0 Å². The highest BCUT2D eigenvalue weighted by Gasteiger charge is 2.16. The van der Waals surface area contributed by atoms with Gasteiger partial charge >= 0.3 is 0 Å². The van der Waals surface area contributed by atoms with Gasteiger partial charge in [0.15, 0.2) is 0 Å². The van der Waals surface area contributed by atoms with E-state index in [1.807, 2.05) is 24.3 Å². The molecule has 1 aromatic heterocycles. The van der Waals surface area contributed by atoms with E-state index >= 15 is 0 Å². The van der Waals surface area contributed by atoms with E-state index in [2.05, 4.69) is 10.3 Å². The maximum absolute atomic E-state index is 12.6. The van der Waals surface area contributed by atoms with Crippen LogP contribution in [-0.4, -0.2) is 16.8 Å². The number of fused-ring (bicyclic) bond motifs is 3. The minimum atomic E-state index is -0.471. The molecule has 0 aliphatic heterocycles. The van der Waals surface area contributed by atoms with Crippen molar-refractivity contribution in [3.8, 4) is 0 Å². The second-order valence-electron chi connectivity index (χ2n) is 6.80. The van der Waals surface area contributed by atoms with Gasteiger partial charge in [0.1, 0.15) is 0 Å². The van der Waals surface area contributed by atoms with E-state index < -0.39 is 5.91 Å². The van der Waals surface area contributed by atoms with Crippen molar-refractivity contribution in [1.82, 2.24) is 10.3 Å². The number of hydrogen-bond acceptors (Lipinski definition) is 2. The van der Waals surface area contributed by atoms with Crippen LogP contribution in [0.2, 0.25) is 0 Å². The van der Waals surface area contributed by atoms with Crippen molar-refractivity contribution in [2.75, 3.05) is 0 Å². The first-order chi connectivity index (χ1) is 12.6. The second-order valence-corrected chi connectivity index (χ2v) is 6.80. The third-order valence-electron chi connectivity index (χ3n) is 5.02. The number of carbonyl (C=O) groups excluding carboxylic acids is 2. The summed E-state index contributed by atoms with van der Waals surface area (Å²) in [5, 5.41) is 4.07. The van der Waals surface area contributed by atoms with E-state index in [1.54, 1.807) is 18.2 Å². The first-order valence-corrected chi connectivity index (χ1v) is 8.92. The van der Waals surface area contributed by atoms with Crippen LogP contribution in [0.15, 0.2) is 42.5 Å². The van der Waals surface area contributed by atoms with E-state index in [1.165, 1.54) is 24.1 Å². The van der Waals surface area contributed by atoms with E-state index in [4.69, 9.17) is 5.73 Å². The summed E-state index contributed by atoms with van der Waals surface area (Å²) in [4.78, 5) is 27.3. The molecule has 0 bridgehead atoms. The van der Waals surface area contributed by atoms with Crippen molar-refractivity contribution in [2.24, 2.45) is 5.73 Å². The molecule has 5 nitrogen and oxygen atoms in total. The van der Waals surface area contributed by atoms with Gasteiger partial charge < -0.3 is 16.0 Å². The molecule has 0 unspecified atom stereocenters. The quantitative estimate of drug-likeness (QED) is 0.677. The first kappa shape index (κ1) is 16.4. The molecule has 1 aliphatic carbocycles. The number of H-pyrrole nitrogens is 1. The lowest BCUT2D eigenvalue weighted by molar-refractivity contribution is 0.0950. The topological polar surface area (TPSA) is 88.0 Å². The molecule has 4 rings (SSSR count). The highest BCUT2D eigenvalue weighted by Crippen LogP contribution is 2.29. The number of nitrogens with two attached hydrogens (primary N) is 1. The van der Waals surface area contributed by atoms with Crippen molar-refractivity contribution in [1.29, 1.82) is 0 Å². The number of aryl methyl sites for hydroxylation is 2. The number of benzene rings is 2. The first-order valence-electron chi connectivity index (χ1n) is 8.92. The Bertz CT molecular complexity index is 1000. The highest BCUT2D eigenvalue weighted by atomic mass is 16.2. The van der Waals surface area contributed by atoms with Crippen molar-refractivity contribution >= 4 is 22.7 Å². The van der Waals surface area contributed by atoms with Crippen LogP contribution in [-0.2, 0) is 19.4 Å². The molecule has 0 spiro atoms. The Morgan fingerprint density at radius 3 is 2.73 bits per heavy atom. The summed E-state index contributed by atoms with van der Waals surface area (Å²) >= 11 is 0. The van der Waals surface area contributed by atoms with Crippen molar-refractivity contribution in [3.05, 3.63) is 70.4 Å². The molecule has 0 saturated carbocycles. The fraction of sp³-hybridized carbons (Fsp3) is 0.238. The zero-order valence-electron chi connectivity index (χ0n) is 14.5. The molecule has 1 aliphatic rings. The number of nitrogens with one attached hydrogen (secondary N) is 2. The number of rotatable bonds is 4. The van der Waals surface area contributed by atoms with Crippen LogP contribution >= 0.6 is 0 Å². The van der Waals surface area contributed by atoms with Crippen molar-refractivity contribution in [2.45, 2.75) is 32.2 Å². The van der Waals surface area contributed by atoms with Gasteiger partial charge in [0.2, 0.25) is 5.91 Å². The van der Waals surface area contributed by atoms with Gasteiger partial charge in [0.25, 0.3) is 5.91 Å². The highest BCUT2D eigenvalue weighted by molar-refractivity contribution is 5.99. The lowest BCUT2D eigenvalue weighted by Crippen LogP contribution is -2.23. The molecule has 0 fully saturated rings. The summed E-state index contributed by atoms with van der Waals surface area (Å²) < 4.78 is 0. The van der Waals surface area contributed by atoms with E-state index in [-0.39, 0.29) is 5.91 Å². The molecule has 26 heavy (non-hydrogen) atoms. The summed E-state index contributed by atoms with van der Waals surface area (Å²) in [6, 6.07) is 12.8. The third-order valence-corrected chi connectivity index (χ3v) is 5.02. The van der Waals surface area contributed by atoms with Crippen LogP contribution in [0.1, 0.15) is 50.4 Å². The number of carbonyl (C=O) groups is 2. The number of aromatic nitrogens is 1. The number of hydrogen-bond donors (Lipinski definition) is 3. The Hall–Kier alpha value is -3.08. The van der Waals surface area contributed by atoms with Crippen LogP contribution in [0, 0.1) is 0 Å². The van der Waals surface area contributed by atoms with Crippen molar-refractivity contribution < 1.29 is 9.59 Å². The molecular weight excluding hydrogens is 326 g/mol. The average molecular weight is 347 g/mol. The van der Waals surface area contributed by atoms with Crippen LogP contribution in [0.3, 0.4) is 0 Å². The Morgan fingerprint density at radius 1 is 1.04 bits per heavy atom. The monoisotopic (exact) mass is 347 g/mol. The summed E-state index contributed by atoms with van der Waals surface area (Å²) in [5.41, 5.74) is 11.0. The van der Waals surface area contributed by atoms with Gasteiger partial charge in [-0.1, -0.05) is 12.1 Å². The molecule has 5 heteroatoms. The Morgan fingerprint density at radius 2 is 1.88 bits per heavy atom. The molecule has 132 valence electrons. The Labute approximate surface area is 151 Å². The molecule has 4 N–H and O–H groups in total. The molecule has 0 atom stereocenters. The summed E-state index contributed by atoms with van der Waals surface area (Å²) in [7, 11) is 0. The molecular formula is C21H21N3O2. The van der Waals surface area contributed by atoms with Gasteiger partial charge in [-0.25, -0.2) is 0 Å². The smallest absolute Gasteiger partial charge is 0.251 e. The normalized spacial score (nSPS) is 13.4. The minimum absolute atomic E-state index is 0.123. The molecule has 1 heterocycles. The van der Waals surface area contributed by atoms with E-state index in [0.717, 1.165) is 29.3 Å². The summed E-state index contributed by atoms with van der Waals surface area (Å²) in [6.07, 6.45) is 4.58. The number of primary amides is 1. The van der Waals surface area contributed by atoms with Crippen LogP contribution in [0.4, 0.5) is 0 Å². The predicted octanol–water partition coefficient (Wildman–Crippen LogP) is 3.08. The zero-order chi connectivity index (χ0) is 18.1. The largest absolute Gasteiger partial charge is 0.366 e.